The highest BCUT2D eigenvalue weighted by Crippen LogP contribution is 2.35. The van der Waals surface area contributed by atoms with Crippen LogP contribution in [0.4, 0.5) is 5.69 Å². The molecule has 2 aliphatic rings. The predicted octanol–water partition coefficient (Wildman–Crippen LogP) is 2.05. The van der Waals surface area contributed by atoms with Gasteiger partial charge in [-0.15, -0.1) is 0 Å². The maximum Gasteiger partial charge on any atom is 0.335 e. The minimum Gasteiger partial charge on any atom is -0.478 e. The van der Waals surface area contributed by atoms with Gasteiger partial charge in [0, 0.05) is 18.8 Å². The van der Waals surface area contributed by atoms with E-state index in [1.807, 2.05) is 6.07 Å². The minimum absolute atomic E-state index is 0.323. The number of hydrogen-bond donors (Lipinski definition) is 2. The van der Waals surface area contributed by atoms with Crippen LogP contribution in [0.3, 0.4) is 0 Å². The maximum atomic E-state index is 11.0. The van der Waals surface area contributed by atoms with Gasteiger partial charge in [0.05, 0.1) is 11.2 Å². The summed E-state index contributed by atoms with van der Waals surface area (Å²) < 4.78 is 0. The number of carboxylic acid groups (broad SMARTS) is 1. The first-order chi connectivity index (χ1) is 9.07. The zero-order valence-electron chi connectivity index (χ0n) is 10.9. The molecule has 0 radical (unpaired) electrons. The van der Waals surface area contributed by atoms with E-state index in [4.69, 9.17) is 5.11 Å². The Morgan fingerprint density at radius 3 is 2.74 bits per heavy atom. The zero-order valence-corrected chi connectivity index (χ0v) is 10.9. The number of nitrogens with zero attached hydrogens (tertiary/aromatic N) is 1. The smallest absolute Gasteiger partial charge is 0.335 e. The molecule has 4 nitrogen and oxygen atoms in total. The van der Waals surface area contributed by atoms with Gasteiger partial charge in [-0.25, -0.2) is 4.79 Å². The number of anilines is 1. The van der Waals surface area contributed by atoms with Gasteiger partial charge in [0.1, 0.15) is 0 Å². The first kappa shape index (κ1) is 12.5. The number of carboxylic acids is 1. The Labute approximate surface area is 112 Å². The lowest BCUT2D eigenvalue weighted by Crippen LogP contribution is -2.40. The van der Waals surface area contributed by atoms with Crippen LogP contribution in [0, 0.1) is 0 Å². The molecule has 1 heterocycles. The van der Waals surface area contributed by atoms with E-state index < -0.39 is 11.6 Å². The fourth-order valence-electron chi connectivity index (χ4n) is 3.29. The molecule has 1 aromatic carbocycles. The molecule has 1 aromatic rings. The van der Waals surface area contributed by atoms with Gasteiger partial charge in [-0.1, -0.05) is 18.9 Å². The molecule has 102 valence electrons. The Morgan fingerprint density at radius 1 is 1.32 bits per heavy atom. The Bertz CT molecular complexity index is 506. The Balaban J connectivity index is 1.84. The molecule has 0 saturated heterocycles. The molecule has 0 aromatic heterocycles. The molecule has 2 N–H and O–H groups in total. The summed E-state index contributed by atoms with van der Waals surface area (Å²) in [5, 5.41) is 19.6. The second-order valence-electron chi connectivity index (χ2n) is 5.75. The van der Waals surface area contributed by atoms with Crippen molar-refractivity contribution in [2.45, 2.75) is 37.7 Å². The average molecular weight is 261 g/mol. The lowest BCUT2D eigenvalue weighted by atomic mass is 10.0. The number of aromatic carboxylic acids is 1. The van der Waals surface area contributed by atoms with Crippen molar-refractivity contribution < 1.29 is 15.0 Å². The molecule has 0 atom stereocenters. The van der Waals surface area contributed by atoms with E-state index in [0.29, 0.717) is 12.1 Å². The number of carbonyl (C=O) groups is 1. The summed E-state index contributed by atoms with van der Waals surface area (Å²) in [6, 6.07) is 5.30. The van der Waals surface area contributed by atoms with E-state index in [2.05, 4.69) is 4.90 Å². The topological polar surface area (TPSA) is 60.8 Å². The van der Waals surface area contributed by atoms with E-state index in [9.17, 15) is 9.90 Å². The van der Waals surface area contributed by atoms with Gasteiger partial charge >= 0.3 is 5.97 Å². The Hall–Kier alpha value is -1.55. The first-order valence-electron chi connectivity index (χ1n) is 6.91. The summed E-state index contributed by atoms with van der Waals surface area (Å²) >= 11 is 0. The van der Waals surface area contributed by atoms with Crippen molar-refractivity contribution in [2.24, 2.45) is 0 Å². The average Bonchev–Trinajstić information content (AvgIpc) is 2.97. The number of fused-ring (bicyclic) bond motifs is 1. The quantitative estimate of drug-likeness (QED) is 0.874. The van der Waals surface area contributed by atoms with Crippen LogP contribution in [0.5, 0.6) is 0 Å². The number of aliphatic hydroxyl groups is 1. The van der Waals surface area contributed by atoms with Gasteiger partial charge in [-0.3, -0.25) is 0 Å². The van der Waals surface area contributed by atoms with Gasteiger partial charge in [-0.2, -0.15) is 0 Å². The van der Waals surface area contributed by atoms with Gasteiger partial charge in [0.15, 0.2) is 0 Å². The zero-order chi connectivity index (χ0) is 13.5. The Morgan fingerprint density at radius 2 is 2.05 bits per heavy atom. The molecule has 4 heteroatoms. The van der Waals surface area contributed by atoms with Gasteiger partial charge < -0.3 is 15.1 Å². The van der Waals surface area contributed by atoms with E-state index in [1.54, 1.807) is 12.1 Å². The molecule has 19 heavy (non-hydrogen) atoms. The normalized spacial score (nSPS) is 20.6. The van der Waals surface area contributed by atoms with Crippen LogP contribution in [-0.4, -0.2) is 34.9 Å². The van der Waals surface area contributed by atoms with Crippen LogP contribution in [0.15, 0.2) is 18.2 Å². The van der Waals surface area contributed by atoms with Crippen LogP contribution in [0.25, 0.3) is 0 Å². The maximum absolute atomic E-state index is 11.0. The van der Waals surface area contributed by atoms with E-state index in [-0.39, 0.29) is 0 Å². The molecule has 1 fully saturated rings. The predicted molar refractivity (Wildman–Crippen MR) is 72.7 cm³/mol. The highest BCUT2D eigenvalue weighted by molar-refractivity contribution is 5.89. The lowest BCUT2D eigenvalue weighted by molar-refractivity contribution is 0.0552. The molecule has 0 spiro atoms. The number of rotatable bonds is 3. The van der Waals surface area contributed by atoms with E-state index in [1.165, 1.54) is 5.56 Å². The molecule has 0 bridgehead atoms. The van der Waals surface area contributed by atoms with E-state index >= 15 is 0 Å². The Kier molecular flexibility index (Phi) is 2.97. The summed E-state index contributed by atoms with van der Waals surface area (Å²) in [7, 11) is 0. The number of β-amino-alcohol motifs (C(OH)–C–C–N with tert-alkyl or cyclic N) is 1. The fraction of sp³-hybridized carbons (Fsp3) is 0.533. The van der Waals surface area contributed by atoms with Crippen LogP contribution >= 0.6 is 0 Å². The highest BCUT2D eigenvalue weighted by atomic mass is 16.4. The van der Waals surface area contributed by atoms with Gasteiger partial charge in [0.25, 0.3) is 0 Å². The number of hydrogen-bond acceptors (Lipinski definition) is 3. The van der Waals surface area contributed by atoms with Crippen molar-refractivity contribution in [3.63, 3.8) is 0 Å². The van der Waals surface area contributed by atoms with Crippen LogP contribution in [0.1, 0.15) is 41.6 Å². The second-order valence-corrected chi connectivity index (χ2v) is 5.75. The number of benzene rings is 1. The van der Waals surface area contributed by atoms with Gasteiger partial charge in [-0.05, 0) is 37.0 Å². The fourth-order valence-corrected chi connectivity index (χ4v) is 3.29. The van der Waals surface area contributed by atoms with Crippen molar-refractivity contribution >= 4 is 11.7 Å². The summed E-state index contributed by atoms with van der Waals surface area (Å²) in [6.07, 6.45) is 4.83. The lowest BCUT2D eigenvalue weighted by Gasteiger charge is -2.30. The van der Waals surface area contributed by atoms with Gasteiger partial charge in [0.2, 0.25) is 0 Å². The summed E-state index contributed by atoms with van der Waals surface area (Å²) in [5.74, 6) is -0.894. The van der Waals surface area contributed by atoms with Crippen molar-refractivity contribution in [1.29, 1.82) is 0 Å². The molecule has 0 amide bonds. The highest BCUT2D eigenvalue weighted by Gasteiger charge is 2.35. The standard InChI is InChI=1S/C15H19NO3/c17-14(18)12-4-3-11-5-8-16(13(11)9-12)10-15(19)6-1-2-7-15/h3-4,9,19H,1-2,5-8,10H2,(H,17,18). The van der Waals surface area contributed by atoms with E-state index in [0.717, 1.165) is 44.3 Å². The van der Waals surface area contributed by atoms with Crippen molar-refractivity contribution in [2.75, 3.05) is 18.0 Å². The minimum atomic E-state index is -0.894. The molecule has 3 rings (SSSR count). The third-order valence-electron chi connectivity index (χ3n) is 4.34. The first-order valence-corrected chi connectivity index (χ1v) is 6.91. The third-order valence-corrected chi connectivity index (χ3v) is 4.34. The van der Waals surface area contributed by atoms with Crippen molar-refractivity contribution in [3.05, 3.63) is 29.3 Å². The SMILES string of the molecule is O=C(O)c1ccc2c(c1)N(CC1(O)CCCC1)CC2. The van der Waals surface area contributed by atoms with Crippen LogP contribution in [0.2, 0.25) is 0 Å². The summed E-state index contributed by atoms with van der Waals surface area (Å²) in [4.78, 5) is 13.2. The van der Waals surface area contributed by atoms with Crippen LogP contribution in [-0.2, 0) is 6.42 Å². The van der Waals surface area contributed by atoms with Crippen LogP contribution < -0.4 is 4.90 Å². The van der Waals surface area contributed by atoms with Crippen molar-refractivity contribution in [1.82, 2.24) is 0 Å². The molecular weight excluding hydrogens is 242 g/mol. The summed E-state index contributed by atoms with van der Waals surface area (Å²) in [5.41, 5.74) is 1.91. The van der Waals surface area contributed by atoms with Crippen molar-refractivity contribution in [3.8, 4) is 0 Å². The molecule has 1 saturated carbocycles. The summed E-state index contributed by atoms with van der Waals surface area (Å²) in [6.45, 7) is 1.50. The molecule has 1 aliphatic carbocycles. The molecule has 1 aliphatic heterocycles. The second kappa shape index (κ2) is 4.53. The largest absolute Gasteiger partial charge is 0.478 e. The monoisotopic (exact) mass is 261 g/mol. The molecule has 0 unspecified atom stereocenters. The molecular formula is C15H19NO3. The third kappa shape index (κ3) is 2.32.